The molecule has 0 atom stereocenters. The molecule has 7 nitrogen and oxygen atoms in total. The fourth-order valence-corrected chi connectivity index (χ4v) is 2.54. The van der Waals surface area contributed by atoms with Gasteiger partial charge in [0.2, 0.25) is 11.7 Å². The summed E-state index contributed by atoms with van der Waals surface area (Å²) in [7, 11) is 0. The molecule has 1 aromatic heterocycles. The van der Waals surface area contributed by atoms with E-state index < -0.39 is 4.92 Å². The third-order valence-electron chi connectivity index (χ3n) is 3.51. The number of nitrogens with two attached hydrogens (primary N) is 1. The van der Waals surface area contributed by atoms with Crippen LogP contribution in [-0.4, -0.2) is 21.9 Å². The minimum absolute atomic E-state index is 0.0373. The van der Waals surface area contributed by atoms with Gasteiger partial charge in [0.15, 0.2) is 0 Å². The molecule has 0 aromatic carbocycles. The molecule has 0 spiro atoms. The Hall–Kier alpha value is -1.89. The number of nitro groups is 1. The number of carbonyl (C=O) groups excluding carboxylic acids is 1. The summed E-state index contributed by atoms with van der Waals surface area (Å²) in [6, 6.07) is 2.75. The van der Waals surface area contributed by atoms with Crippen LogP contribution in [0.15, 0.2) is 12.1 Å². The van der Waals surface area contributed by atoms with Crippen LogP contribution < -0.4 is 11.1 Å². The molecule has 0 bridgehead atoms. The number of halogens is 1. The average Bonchev–Trinajstić information content (AvgIpc) is 2.39. The maximum absolute atomic E-state index is 11.1. The van der Waals surface area contributed by atoms with Crippen molar-refractivity contribution in [2.75, 3.05) is 5.32 Å². The van der Waals surface area contributed by atoms with E-state index in [4.69, 9.17) is 17.3 Å². The maximum atomic E-state index is 11.1. The van der Waals surface area contributed by atoms with Gasteiger partial charge in [-0.05, 0) is 31.7 Å². The quantitative estimate of drug-likeness (QED) is 0.502. The number of hydrogen-bond donors (Lipinski definition) is 2. The number of aromatic nitrogens is 1. The van der Waals surface area contributed by atoms with Gasteiger partial charge in [-0.15, -0.1) is 0 Å². The van der Waals surface area contributed by atoms with E-state index >= 15 is 0 Å². The number of rotatable bonds is 4. The summed E-state index contributed by atoms with van der Waals surface area (Å²) < 4.78 is 0. The first kappa shape index (κ1) is 14.5. The molecule has 0 saturated heterocycles. The van der Waals surface area contributed by atoms with Crippen molar-refractivity contribution in [3.05, 3.63) is 27.4 Å². The summed E-state index contributed by atoms with van der Waals surface area (Å²) in [5.41, 5.74) is 5.17. The molecule has 0 radical (unpaired) electrons. The normalized spacial score (nSPS) is 22.2. The van der Waals surface area contributed by atoms with Gasteiger partial charge in [-0.3, -0.25) is 14.9 Å². The van der Waals surface area contributed by atoms with Crippen molar-refractivity contribution >= 4 is 29.0 Å². The number of carbonyl (C=O) groups is 1. The molecular formula is C12H15ClN4O3. The summed E-state index contributed by atoms with van der Waals surface area (Å²) in [4.78, 5) is 25.5. The minimum atomic E-state index is -0.499. The summed E-state index contributed by atoms with van der Waals surface area (Å²) >= 11 is 5.77. The molecule has 0 unspecified atom stereocenters. The van der Waals surface area contributed by atoms with Crippen LogP contribution in [0.4, 0.5) is 11.5 Å². The van der Waals surface area contributed by atoms with Crippen LogP contribution in [0, 0.1) is 16.0 Å². The molecule has 1 saturated carbocycles. The lowest BCUT2D eigenvalue weighted by Crippen LogP contribution is -2.32. The smallest absolute Gasteiger partial charge is 0.311 e. The van der Waals surface area contributed by atoms with Gasteiger partial charge in [0.1, 0.15) is 5.15 Å². The standard InChI is InChI=1S/C12H15ClN4O3/c13-10-6-5-9(17(19)20)12(16-10)15-8-3-1-7(2-4-8)11(14)18/h5-8H,1-4H2,(H2,14,18)(H,15,16). The highest BCUT2D eigenvalue weighted by Gasteiger charge is 2.26. The first-order valence-electron chi connectivity index (χ1n) is 6.34. The third kappa shape index (κ3) is 3.36. The number of amides is 1. The van der Waals surface area contributed by atoms with Crippen molar-refractivity contribution in [2.24, 2.45) is 11.7 Å². The van der Waals surface area contributed by atoms with Crippen molar-refractivity contribution in [3.8, 4) is 0 Å². The van der Waals surface area contributed by atoms with Crippen LogP contribution in [-0.2, 0) is 4.79 Å². The Morgan fingerprint density at radius 2 is 2.05 bits per heavy atom. The van der Waals surface area contributed by atoms with E-state index in [-0.39, 0.29) is 34.5 Å². The van der Waals surface area contributed by atoms with Crippen LogP contribution >= 0.6 is 11.6 Å². The van der Waals surface area contributed by atoms with E-state index in [9.17, 15) is 14.9 Å². The lowest BCUT2D eigenvalue weighted by atomic mass is 9.85. The lowest BCUT2D eigenvalue weighted by Gasteiger charge is -2.27. The molecule has 3 N–H and O–H groups in total. The summed E-state index contributed by atoms with van der Waals surface area (Å²) in [5.74, 6) is -0.212. The summed E-state index contributed by atoms with van der Waals surface area (Å²) in [6.45, 7) is 0. The zero-order chi connectivity index (χ0) is 14.7. The van der Waals surface area contributed by atoms with Crippen LogP contribution in [0.5, 0.6) is 0 Å². The van der Waals surface area contributed by atoms with Gasteiger partial charge in [0.05, 0.1) is 4.92 Å². The van der Waals surface area contributed by atoms with Gasteiger partial charge in [-0.1, -0.05) is 11.6 Å². The molecule has 1 aromatic rings. The molecule has 8 heteroatoms. The predicted octanol–water partition coefficient (Wildman–Crippen LogP) is 2.10. The fraction of sp³-hybridized carbons (Fsp3) is 0.500. The van der Waals surface area contributed by atoms with Crippen molar-refractivity contribution in [1.29, 1.82) is 0 Å². The number of nitrogens with zero attached hydrogens (tertiary/aromatic N) is 2. The Labute approximate surface area is 120 Å². The van der Waals surface area contributed by atoms with Crippen LogP contribution in [0.3, 0.4) is 0 Å². The Kier molecular flexibility index (Phi) is 4.39. The zero-order valence-electron chi connectivity index (χ0n) is 10.7. The van der Waals surface area contributed by atoms with E-state index in [2.05, 4.69) is 10.3 Å². The van der Waals surface area contributed by atoms with E-state index in [0.29, 0.717) is 12.8 Å². The Balaban J connectivity index is 2.06. The molecule has 1 aliphatic carbocycles. The van der Waals surface area contributed by atoms with Gasteiger partial charge in [0.25, 0.3) is 0 Å². The topological polar surface area (TPSA) is 111 Å². The molecule has 0 aliphatic heterocycles. The van der Waals surface area contributed by atoms with Gasteiger partial charge >= 0.3 is 5.69 Å². The monoisotopic (exact) mass is 298 g/mol. The Morgan fingerprint density at radius 3 is 2.60 bits per heavy atom. The number of nitrogens with one attached hydrogen (secondary N) is 1. The summed E-state index contributed by atoms with van der Waals surface area (Å²) in [6.07, 6.45) is 2.81. The second kappa shape index (κ2) is 6.04. The molecule has 1 heterocycles. The van der Waals surface area contributed by atoms with Crippen LogP contribution in [0.25, 0.3) is 0 Å². The Morgan fingerprint density at radius 1 is 1.40 bits per heavy atom. The average molecular weight is 299 g/mol. The zero-order valence-corrected chi connectivity index (χ0v) is 11.5. The van der Waals surface area contributed by atoms with Gasteiger partial charge in [-0.25, -0.2) is 4.98 Å². The molecule has 2 rings (SSSR count). The van der Waals surface area contributed by atoms with Crippen molar-refractivity contribution in [2.45, 2.75) is 31.7 Å². The number of hydrogen-bond acceptors (Lipinski definition) is 5. The predicted molar refractivity (Wildman–Crippen MR) is 74.5 cm³/mol. The first-order chi connectivity index (χ1) is 9.47. The molecule has 108 valence electrons. The van der Waals surface area contributed by atoms with Crippen molar-refractivity contribution in [1.82, 2.24) is 4.98 Å². The van der Waals surface area contributed by atoms with Gasteiger partial charge < -0.3 is 11.1 Å². The number of primary amides is 1. The number of pyridine rings is 1. The third-order valence-corrected chi connectivity index (χ3v) is 3.72. The second-order valence-corrected chi connectivity index (χ2v) is 5.24. The molecule has 1 aliphatic rings. The number of anilines is 1. The van der Waals surface area contributed by atoms with Crippen molar-refractivity contribution < 1.29 is 9.72 Å². The first-order valence-corrected chi connectivity index (χ1v) is 6.72. The largest absolute Gasteiger partial charge is 0.369 e. The summed E-state index contributed by atoms with van der Waals surface area (Å²) in [5, 5.41) is 14.2. The Bertz CT molecular complexity index is 529. The van der Waals surface area contributed by atoms with E-state index in [1.807, 2.05) is 0 Å². The van der Waals surface area contributed by atoms with E-state index in [1.54, 1.807) is 0 Å². The lowest BCUT2D eigenvalue weighted by molar-refractivity contribution is -0.384. The molecular weight excluding hydrogens is 284 g/mol. The SMILES string of the molecule is NC(=O)C1CCC(Nc2nc(Cl)ccc2[N+](=O)[O-])CC1. The van der Waals surface area contributed by atoms with Crippen molar-refractivity contribution in [3.63, 3.8) is 0 Å². The molecule has 1 fully saturated rings. The highest BCUT2D eigenvalue weighted by atomic mass is 35.5. The van der Waals surface area contributed by atoms with Crippen LogP contribution in [0.1, 0.15) is 25.7 Å². The highest BCUT2D eigenvalue weighted by molar-refractivity contribution is 6.29. The highest BCUT2D eigenvalue weighted by Crippen LogP contribution is 2.30. The van der Waals surface area contributed by atoms with E-state index in [0.717, 1.165) is 12.8 Å². The van der Waals surface area contributed by atoms with E-state index in [1.165, 1.54) is 12.1 Å². The van der Waals surface area contributed by atoms with Gasteiger partial charge in [0, 0.05) is 18.0 Å². The van der Waals surface area contributed by atoms with Crippen LogP contribution in [0.2, 0.25) is 5.15 Å². The fourth-order valence-electron chi connectivity index (χ4n) is 2.40. The molecule has 1 amide bonds. The second-order valence-electron chi connectivity index (χ2n) is 4.85. The molecule has 20 heavy (non-hydrogen) atoms. The maximum Gasteiger partial charge on any atom is 0.311 e. The minimum Gasteiger partial charge on any atom is -0.369 e. The van der Waals surface area contributed by atoms with Gasteiger partial charge in [-0.2, -0.15) is 0 Å².